The van der Waals surface area contributed by atoms with Gasteiger partial charge in [-0.25, -0.2) is 9.18 Å². The second kappa shape index (κ2) is 11.1. The molecule has 3 aromatic rings. The summed E-state index contributed by atoms with van der Waals surface area (Å²) in [4.78, 5) is 11.2. The Kier molecular flexibility index (Phi) is 7.97. The molecule has 188 valence electrons. The van der Waals surface area contributed by atoms with Crippen molar-refractivity contribution in [3.05, 3.63) is 106 Å². The second-order valence-corrected chi connectivity index (χ2v) is 9.40. The lowest BCUT2D eigenvalue weighted by Gasteiger charge is -2.43. The standard InChI is InChI=1S/C29H28ClFO5/c1-17(2)23-15-24(18-7-9-20(30)10-8-18)28(19-5-4-6-21(31)13-19)36-29(23)25-14-22(34-3)11-12-26(25)35-16-27(32)33/h4-14,23-24,28-29H,1,15-16H2,2-3H3,(H,32,33)/t23-,24-,28+,29+/m1/s1. The maximum absolute atomic E-state index is 14.3. The Morgan fingerprint density at radius 3 is 2.50 bits per heavy atom. The number of ether oxygens (including phenoxy) is 3. The average Bonchev–Trinajstić information content (AvgIpc) is 2.87. The van der Waals surface area contributed by atoms with Crippen LogP contribution in [-0.4, -0.2) is 24.8 Å². The van der Waals surface area contributed by atoms with E-state index in [0.717, 1.165) is 11.1 Å². The fourth-order valence-corrected chi connectivity index (χ4v) is 4.91. The lowest BCUT2D eigenvalue weighted by Crippen LogP contribution is -2.32. The summed E-state index contributed by atoms with van der Waals surface area (Å²) in [5.41, 5.74) is 3.28. The molecule has 0 radical (unpaired) electrons. The van der Waals surface area contributed by atoms with Crippen LogP contribution < -0.4 is 9.47 Å². The minimum Gasteiger partial charge on any atom is -0.497 e. The highest BCUT2D eigenvalue weighted by Crippen LogP contribution is 2.53. The molecule has 3 aromatic carbocycles. The van der Waals surface area contributed by atoms with Gasteiger partial charge in [0.25, 0.3) is 0 Å². The molecule has 4 atom stereocenters. The van der Waals surface area contributed by atoms with Gasteiger partial charge in [-0.05, 0) is 66.9 Å². The predicted octanol–water partition coefficient (Wildman–Crippen LogP) is 7.13. The van der Waals surface area contributed by atoms with E-state index >= 15 is 0 Å². The Bertz CT molecular complexity index is 1240. The second-order valence-electron chi connectivity index (χ2n) is 8.97. The minimum absolute atomic E-state index is 0.101. The van der Waals surface area contributed by atoms with Crippen LogP contribution in [0.15, 0.2) is 78.9 Å². The molecule has 5 nitrogen and oxygen atoms in total. The zero-order valence-corrected chi connectivity index (χ0v) is 20.9. The van der Waals surface area contributed by atoms with Crippen molar-refractivity contribution >= 4 is 17.6 Å². The number of carboxylic acid groups (broad SMARTS) is 1. The fraction of sp³-hybridized carbons (Fsp3) is 0.276. The Balaban J connectivity index is 1.82. The maximum atomic E-state index is 14.3. The van der Waals surface area contributed by atoms with Crippen molar-refractivity contribution in [3.8, 4) is 11.5 Å². The molecule has 1 saturated heterocycles. The Morgan fingerprint density at radius 2 is 1.86 bits per heavy atom. The number of benzene rings is 3. The van der Waals surface area contributed by atoms with E-state index in [-0.39, 0.29) is 17.7 Å². The zero-order chi connectivity index (χ0) is 25.8. The average molecular weight is 511 g/mol. The van der Waals surface area contributed by atoms with Gasteiger partial charge in [0.2, 0.25) is 0 Å². The van der Waals surface area contributed by atoms with Crippen molar-refractivity contribution in [2.75, 3.05) is 13.7 Å². The van der Waals surface area contributed by atoms with Crippen molar-refractivity contribution in [1.82, 2.24) is 0 Å². The number of rotatable bonds is 8. The quantitative estimate of drug-likeness (QED) is 0.326. The van der Waals surface area contributed by atoms with Crippen LogP contribution in [0.25, 0.3) is 0 Å². The first-order valence-corrected chi connectivity index (χ1v) is 12.0. The topological polar surface area (TPSA) is 65.0 Å². The molecule has 0 aromatic heterocycles. The van der Waals surface area contributed by atoms with Gasteiger partial charge >= 0.3 is 5.97 Å². The SMILES string of the molecule is C=C(C)[C@H]1C[C@H](c2ccc(Cl)cc2)[C@H](c2cccc(F)c2)O[C@@H]1c1cc(OC)ccc1OCC(=O)O. The van der Waals surface area contributed by atoms with Gasteiger partial charge in [-0.3, -0.25) is 0 Å². The highest BCUT2D eigenvalue weighted by atomic mass is 35.5. The fourth-order valence-electron chi connectivity index (χ4n) is 4.78. The zero-order valence-electron chi connectivity index (χ0n) is 20.1. The van der Waals surface area contributed by atoms with Crippen molar-refractivity contribution in [2.45, 2.75) is 31.5 Å². The molecule has 0 unspecified atom stereocenters. The third-order valence-corrected chi connectivity index (χ3v) is 6.77. The van der Waals surface area contributed by atoms with Crippen molar-refractivity contribution in [2.24, 2.45) is 5.92 Å². The van der Waals surface area contributed by atoms with Gasteiger partial charge in [0.1, 0.15) is 17.3 Å². The van der Waals surface area contributed by atoms with Crippen LogP contribution in [0, 0.1) is 11.7 Å². The molecular weight excluding hydrogens is 483 g/mol. The Morgan fingerprint density at radius 1 is 1.11 bits per heavy atom. The van der Waals surface area contributed by atoms with Crippen LogP contribution in [-0.2, 0) is 9.53 Å². The molecule has 1 N–H and O–H groups in total. The van der Waals surface area contributed by atoms with E-state index in [9.17, 15) is 14.3 Å². The van der Waals surface area contributed by atoms with Gasteiger partial charge in [0.15, 0.2) is 6.61 Å². The van der Waals surface area contributed by atoms with Gasteiger partial charge in [-0.15, -0.1) is 0 Å². The summed E-state index contributed by atoms with van der Waals surface area (Å²) in [7, 11) is 1.56. The van der Waals surface area contributed by atoms with Gasteiger partial charge < -0.3 is 19.3 Å². The summed E-state index contributed by atoms with van der Waals surface area (Å²) >= 11 is 6.14. The molecule has 0 saturated carbocycles. The van der Waals surface area contributed by atoms with Crippen molar-refractivity contribution in [3.63, 3.8) is 0 Å². The number of carbonyl (C=O) groups is 1. The van der Waals surface area contributed by atoms with E-state index in [1.807, 2.05) is 37.3 Å². The molecule has 1 aliphatic heterocycles. The predicted molar refractivity (Wildman–Crippen MR) is 136 cm³/mol. The normalized spacial score (nSPS) is 21.6. The van der Waals surface area contributed by atoms with Crippen LogP contribution in [0.1, 0.15) is 48.2 Å². The van der Waals surface area contributed by atoms with Crippen LogP contribution in [0.5, 0.6) is 11.5 Å². The molecule has 1 heterocycles. The molecule has 0 bridgehead atoms. The number of aliphatic carboxylic acids is 1. The molecule has 1 fully saturated rings. The minimum atomic E-state index is -1.08. The summed E-state index contributed by atoms with van der Waals surface area (Å²) in [5.74, 6) is -0.698. The molecule has 1 aliphatic rings. The van der Waals surface area contributed by atoms with Gasteiger partial charge in [0.05, 0.1) is 19.3 Å². The first-order valence-electron chi connectivity index (χ1n) is 11.6. The van der Waals surface area contributed by atoms with E-state index in [0.29, 0.717) is 34.1 Å². The van der Waals surface area contributed by atoms with Gasteiger partial charge in [0, 0.05) is 22.4 Å². The number of carboxylic acids is 1. The number of hydrogen-bond acceptors (Lipinski definition) is 4. The number of methoxy groups -OCH3 is 1. The molecule has 7 heteroatoms. The van der Waals surface area contributed by atoms with Crippen LogP contribution in [0.3, 0.4) is 0 Å². The summed E-state index contributed by atoms with van der Waals surface area (Å²) in [6, 6.07) is 19.2. The van der Waals surface area contributed by atoms with Crippen molar-refractivity contribution in [1.29, 1.82) is 0 Å². The van der Waals surface area contributed by atoms with Gasteiger partial charge in [-0.1, -0.05) is 48.0 Å². The lowest BCUT2D eigenvalue weighted by atomic mass is 9.74. The molecule has 0 amide bonds. The van der Waals surface area contributed by atoms with Crippen LogP contribution in [0.4, 0.5) is 4.39 Å². The first kappa shape index (κ1) is 25.7. The summed E-state index contributed by atoms with van der Waals surface area (Å²) in [6.45, 7) is 5.68. The lowest BCUT2D eigenvalue weighted by molar-refractivity contribution is -0.139. The molecular formula is C29H28ClFO5. The van der Waals surface area contributed by atoms with E-state index in [1.54, 1.807) is 31.4 Å². The Hall–Kier alpha value is -3.35. The summed E-state index contributed by atoms with van der Waals surface area (Å²) in [6.07, 6.45) is -0.350. The molecule has 0 aliphatic carbocycles. The molecule has 36 heavy (non-hydrogen) atoms. The largest absolute Gasteiger partial charge is 0.497 e. The highest BCUT2D eigenvalue weighted by Gasteiger charge is 2.42. The van der Waals surface area contributed by atoms with E-state index < -0.39 is 24.8 Å². The first-order chi connectivity index (χ1) is 17.3. The number of hydrogen-bond donors (Lipinski definition) is 1. The third kappa shape index (κ3) is 5.72. The monoisotopic (exact) mass is 510 g/mol. The van der Waals surface area contributed by atoms with E-state index in [4.69, 9.17) is 25.8 Å². The summed E-state index contributed by atoms with van der Waals surface area (Å²) in [5, 5.41) is 9.80. The number of halogens is 2. The summed E-state index contributed by atoms with van der Waals surface area (Å²) < 4.78 is 32.1. The highest BCUT2D eigenvalue weighted by molar-refractivity contribution is 6.30. The maximum Gasteiger partial charge on any atom is 0.341 e. The van der Waals surface area contributed by atoms with Gasteiger partial charge in [-0.2, -0.15) is 0 Å². The van der Waals surface area contributed by atoms with Crippen molar-refractivity contribution < 1.29 is 28.5 Å². The van der Waals surface area contributed by atoms with E-state index in [1.165, 1.54) is 12.1 Å². The molecule has 4 rings (SSSR count). The van der Waals surface area contributed by atoms with Crippen LogP contribution in [0.2, 0.25) is 5.02 Å². The van der Waals surface area contributed by atoms with E-state index in [2.05, 4.69) is 6.58 Å². The smallest absolute Gasteiger partial charge is 0.341 e. The third-order valence-electron chi connectivity index (χ3n) is 6.51. The Labute approximate surface area is 215 Å². The molecule has 0 spiro atoms. The van der Waals surface area contributed by atoms with Crippen LogP contribution >= 0.6 is 11.6 Å².